The Bertz CT molecular complexity index is 163. The number of nitrogens with zero attached hydrogens (tertiary/aromatic N) is 1. The van der Waals surface area contributed by atoms with Crippen molar-refractivity contribution in [3.8, 4) is 0 Å². The predicted octanol–water partition coefficient (Wildman–Crippen LogP) is 1.29. The van der Waals surface area contributed by atoms with Crippen LogP contribution in [0.3, 0.4) is 0 Å². The average Bonchev–Trinajstić information content (AvgIpc) is 2.04. The fraction of sp³-hybridized carbons (Fsp3) is 0.875. The second-order valence-electron chi connectivity index (χ2n) is 3.11. The SMILES string of the molecule is CSCCC(C(=O)O)N(O)C(C)C. The smallest absolute Gasteiger partial charge is 0.323 e. The summed E-state index contributed by atoms with van der Waals surface area (Å²) in [4.78, 5) is 10.7. The molecule has 5 heteroatoms. The van der Waals surface area contributed by atoms with Crippen LogP contribution in [0.25, 0.3) is 0 Å². The molecule has 0 fully saturated rings. The van der Waals surface area contributed by atoms with Crippen LogP contribution in [0, 0.1) is 0 Å². The molecule has 13 heavy (non-hydrogen) atoms. The molecule has 0 saturated carbocycles. The van der Waals surface area contributed by atoms with E-state index in [1.165, 1.54) is 0 Å². The van der Waals surface area contributed by atoms with Crippen LogP contribution in [0.4, 0.5) is 0 Å². The highest BCUT2D eigenvalue weighted by atomic mass is 32.2. The van der Waals surface area contributed by atoms with E-state index in [1.54, 1.807) is 25.6 Å². The minimum atomic E-state index is -0.967. The largest absolute Gasteiger partial charge is 0.480 e. The molecule has 0 rings (SSSR count). The first-order chi connectivity index (χ1) is 6.00. The monoisotopic (exact) mass is 207 g/mol. The first-order valence-corrected chi connectivity index (χ1v) is 5.59. The van der Waals surface area contributed by atoms with Gasteiger partial charge in [0.2, 0.25) is 0 Å². The minimum absolute atomic E-state index is 0.164. The van der Waals surface area contributed by atoms with Crippen molar-refractivity contribution in [3.05, 3.63) is 0 Å². The van der Waals surface area contributed by atoms with Gasteiger partial charge in [-0.1, -0.05) is 0 Å². The molecule has 0 amide bonds. The molecule has 1 atom stereocenters. The van der Waals surface area contributed by atoms with Gasteiger partial charge in [0, 0.05) is 6.04 Å². The van der Waals surface area contributed by atoms with E-state index >= 15 is 0 Å². The zero-order valence-electron chi connectivity index (χ0n) is 8.23. The van der Waals surface area contributed by atoms with Crippen molar-refractivity contribution in [2.75, 3.05) is 12.0 Å². The maximum atomic E-state index is 10.7. The Morgan fingerprint density at radius 2 is 2.08 bits per heavy atom. The summed E-state index contributed by atoms with van der Waals surface area (Å²) in [6, 6.07) is -0.949. The standard InChI is InChI=1S/C8H17NO3S/c1-6(2)9(12)7(8(10)11)4-5-13-3/h6-7,12H,4-5H2,1-3H3,(H,10,11). The van der Waals surface area contributed by atoms with Crippen LogP contribution in [0.15, 0.2) is 0 Å². The number of hydroxylamine groups is 2. The number of carbonyl (C=O) groups is 1. The molecule has 0 heterocycles. The summed E-state index contributed by atoms with van der Waals surface area (Å²) in [5, 5.41) is 19.1. The van der Waals surface area contributed by atoms with Gasteiger partial charge in [0.25, 0.3) is 0 Å². The van der Waals surface area contributed by atoms with Crippen molar-refractivity contribution in [2.45, 2.75) is 32.4 Å². The van der Waals surface area contributed by atoms with Crippen LogP contribution in [0.5, 0.6) is 0 Å². The van der Waals surface area contributed by atoms with E-state index in [1.807, 2.05) is 6.26 Å². The quantitative estimate of drug-likeness (QED) is 0.643. The zero-order valence-corrected chi connectivity index (χ0v) is 9.04. The second kappa shape index (κ2) is 6.23. The summed E-state index contributed by atoms with van der Waals surface area (Å²) < 4.78 is 0. The first-order valence-electron chi connectivity index (χ1n) is 4.19. The van der Waals surface area contributed by atoms with Gasteiger partial charge >= 0.3 is 5.97 Å². The molecule has 0 radical (unpaired) electrons. The van der Waals surface area contributed by atoms with Gasteiger partial charge in [0.05, 0.1) is 0 Å². The average molecular weight is 207 g/mol. The molecule has 0 aromatic carbocycles. The molecule has 0 saturated heterocycles. The normalized spacial score (nSPS) is 13.7. The Labute approximate surface area is 82.9 Å². The molecule has 0 aromatic heterocycles. The molecular formula is C8H17NO3S. The minimum Gasteiger partial charge on any atom is -0.480 e. The van der Waals surface area contributed by atoms with Crippen LogP contribution in [0.2, 0.25) is 0 Å². The lowest BCUT2D eigenvalue weighted by Gasteiger charge is -2.25. The van der Waals surface area contributed by atoms with E-state index in [4.69, 9.17) is 5.11 Å². The number of carboxylic acids is 1. The van der Waals surface area contributed by atoms with E-state index in [0.29, 0.717) is 6.42 Å². The van der Waals surface area contributed by atoms with E-state index in [2.05, 4.69) is 0 Å². The molecule has 78 valence electrons. The number of hydrogen-bond donors (Lipinski definition) is 2. The maximum absolute atomic E-state index is 10.7. The van der Waals surface area contributed by atoms with Gasteiger partial charge in [-0.2, -0.15) is 16.8 Å². The number of thioether (sulfide) groups is 1. The lowest BCUT2D eigenvalue weighted by Crippen LogP contribution is -2.43. The van der Waals surface area contributed by atoms with Gasteiger partial charge in [0.1, 0.15) is 6.04 Å². The molecule has 0 spiro atoms. The molecule has 0 aliphatic carbocycles. The molecule has 0 aliphatic rings. The second-order valence-corrected chi connectivity index (χ2v) is 4.09. The summed E-state index contributed by atoms with van der Waals surface area (Å²) in [6.07, 6.45) is 2.38. The molecule has 0 aromatic rings. The van der Waals surface area contributed by atoms with E-state index < -0.39 is 12.0 Å². The molecule has 0 bridgehead atoms. The van der Waals surface area contributed by atoms with E-state index in [0.717, 1.165) is 10.8 Å². The lowest BCUT2D eigenvalue weighted by molar-refractivity contribution is -0.180. The van der Waals surface area contributed by atoms with Gasteiger partial charge in [-0.3, -0.25) is 4.79 Å². The van der Waals surface area contributed by atoms with E-state index in [-0.39, 0.29) is 6.04 Å². The van der Waals surface area contributed by atoms with Crippen molar-refractivity contribution in [3.63, 3.8) is 0 Å². The number of carboxylic acid groups (broad SMARTS) is 1. The topological polar surface area (TPSA) is 60.8 Å². The third-order valence-electron chi connectivity index (χ3n) is 1.73. The van der Waals surface area contributed by atoms with Gasteiger partial charge in [-0.25, -0.2) is 0 Å². The summed E-state index contributed by atoms with van der Waals surface area (Å²) in [7, 11) is 0. The highest BCUT2D eigenvalue weighted by Crippen LogP contribution is 2.09. The van der Waals surface area contributed by atoms with Gasteiger partial charge < -0.3 is 10.3 Å². The number of aliphatic carboxylic acids is 1. The third kappa shape index (κ3) is 4.50. The van der Waals surface area contributed by atoms with Crippen LogP contribution in [-0.4, -0.2) is 45.4 Å². The van der Waals surface area contributed by atoms with Crippen LogP contribution in [0.1, 0.15) is 20.3 Å². The summed E-state index contributed by atoms with van der Waals surface area (Å²) in [5.74, 6) is -0.231. The highest BCUT2D eigenvalue weighted by molar-refractivity contribution is 7.98. The van der Waals surface area contributed by atoms with Crippen molar-refractivity contribution in [2.24, 2.45) is 0 Å². The van der Waals surface area contributed by atoms with Crippen LogP contribution < -0.4 is 0 Å². The third-order valence-corrected chi connectivity index (χ3v) is 2.37. The zero-order chi connectivity index (χ0) is 10.4. The van der Waals surface area contributed by atoms with Gasteiger partial charge in [0.15, 0.2) is 0 Å². The van der Waals surface area contributed by atoms with Gasteiger partial charge in [-0.15, -0.1) is 0 Å². The molecule has 2 N–H and O–H groups in total. The first kappa shape index (κ1) is 12.7. The Morgan fingerprint density at radius 1 is 1.54 bits per heavy atom. The summed E-state index contributed by atoms with van der Waals surface area (Å²) in [5.41, 5.74) is 0. The Morgan fingerprint density at radius 3 is 2.38 bits per heavy atom. The molecule has 4 nitrogen and oxygen atoms in total. The van der Waals surface area contributed by atoms with Gasteiger partial charge in [-0.05, 0) is 32.3 Å². The molecule has 1 unspecified atom stereocenters. The summed E-state index contributed by atoms with van der Waals surface area (Å²) >= 11 is 1.58. The van der Waals surface area contributed by atoms with Crippen LogP contribution in [-0.2, 0) is 4.79 Å². The van der Waals surface area contributed by atoms with Crippen molar-refractivity contribution in [1.82, 2.24) is 5.06 Å². The fourth-order valence-electron chi connectivity index (χ4n) is 0.958. The van der Waals surface area contributed by atoms with Crippen molar-refractivity contribution in [1.29, 1.82) is 0 Å². The molecule has 0 aliphatic heterocycles. The fourth-order valence-corrected chi connectivity index (χ4v) is 1.42. The van der Waals surface area contributed by atoms with Crippen molar-refractivity contribution >= 4 is 17.7 Å². The molecular weight excluding hydrogens is 190 g/mol. The van der Waals surface area contributed by atoms with Crippen molar-refractivity contribution < 1.29 is 15.1 Å². The van der Waals surface area contributed by atoms with Crippen LogP contribution >= 0.6 is 11.8 Å². The summed E-state index contributed by atoms with van der Waals surface area (Å²) in [6.45, 7) is 3.52. The highest BCUT2D eigenvalue weighted by Gasteiger charge is 2.25. The Hall–Kier alpha value is -0.260. The predicted molar refractivity (Wildman–Crippen MR) is 53.2 cm³/mol. The Balaban J connectivity index is 4.15. The lowest BCUT2D eigenvalue weighted by atomic mass is 10.2. The number of hydrogen-bond acceptors (Lipinski definition) is 4. The Kier molecular flexibility index (Phi) is 6.11. The maximum Gasteiger partial charge on any atom is 0.323 e. The van der Waals surface area contributed by atoms with E-state index in [9.17, 15) is 10.0 Å². The number of rotatable bonds is 6.